The summed E-state index contributed by atoms with van der Waals surface area (Å²) in [4.78, 5) is 7.71. The Kier molecular flexibility index (Phi) is 1.37. The zero-order valence-electron chi connectivity index (χ0n) is 5.27. The van der Waals surface area contributed by atoms with Crippen LogP contribution in [0.3, 0.4) is 0 Å². The molecule has 2 aromatic rings. The molecule has 0 amide bonds. The van der Waals surface area contributed by atoms with Crippen LogP contribution < -0.4 is 5.73 Å². The summed E-state index contributed by atoms with van der Waals surface area (Å²) in [5.41, 5.74) is 6.68. The molecule has 0 aliphatic carbocycles. The van der Waals surface area contributed by atoms with Crippen molar-refractivity contribution in [3.8, 4) is 0 Å². The van der Waals surface area contributed by atoms with Crippen molar-refractivity contribution in [2.45, 2.75) is 0 Å². The maximum atomic E-state index is 5.50. The molecule has 2 aromatic heterocycles. The van der Waals surface area contributed by atoms with Gasteiger partial charge in [0, 0.05) is 0 Å². The molecule has 0 aromatic carbocycles. The third-order valence-electron chi connectivity index (χ3n) is 1.23. The van der Waals surface area contributed by atoms with Gasteiger partial charge in [-0.3, -0.25) is 0 Å². The Morgan fingerprint density at radius 1 is 1.45 bits per heavy atom. The first-order chi connectivity index (χ1) is 5.29. The molecular weight excluding hydrogens is 259 g/mol. The van der Waals surface area contributed by atoms with E-state index < -0.39 is 0 Å². The highest BCUT2D eigenvalue weighted by Gasteiger charge is 2.06. The van der Waals surface area contributed by atoms with Gasteiger partial charge in [0.15, 0.2) is 17.0 Å². The Balaban J connectivity index is 2.94. The second-order valence-corrected chi connectivity index (χ2v) is 2.79. The molecule has 0 atom stereocenters. The Morgan fingerprint density at radius 2 is 2.27 bits per heavy atom. The fourth-order valence-corrected chi connectivity index (χ4v) is 1.19. The van der Waals surface area contributed by atoms with Crippen LogP contribution in [0.4, 0.5) is 5.82 Å². The van der Waals surface area contributed by atoms with Gasteiger partial charge in [0.1, 0.15) is 6.33 Å². The smallest absolute Gasteiger partial charge is 0.194 e. The molecule has 7 heteroatoms. The molecule has 0 saturated carbocycles. The molecule has 0 aliphatic rings. The van der Waals surface area contributed by atoms with Crippen LogP contribution in [-0.4, -0.2) is 23.2 Å². The summed E-state index contributed by atoms with van der Waals surface area (Å²) in [5.74, 6) is 0.359. The summed E-state index contributed by atoms with van der Waals surface area (Å²) in [5, 5.41) is 7.50. The first kappa shape index (κ1) is 6.70. The minimum absolute atomic E-state index is 0.359. The Labute approximate surface area is 75.3 Å². The average molecular weight is 262 g/mol. The monoisotopic (exact) mass is 262 g/mol. The summed E-state index contributed by atoms with van der Waals surface area (Å²) in [7, 11) is 0. The van der Waals surface area contributed by atoms with Gasteiger partial charge in [0.05, 0.1) is 22.9 Å². The molecule has 0 spiro atoms. The maximum absolute atomic E-state index is 5.50. The molecule has 2 N–H and O–H groups in total. The molecule has 0 radical (unpaired) electrons. The largest absolute Gasteiger partial charge is 0.382 e. The van der Waals surface area contributed by atoms with Gasteiger partial charge >= 0.3 is 0 Å². The second-order valence-electron chi connectivity index (χ2n) is 1.88. The van der Waals surface area contributed by atoms with Crippen LogP contribution >= 0.6 is 22.9 Å². The van der Waals surface area contributed by atoms with E-state index >= 15 is 0 Å². The SMILES string of the molecule is Nc1ncnc2c1nnn2I. The minimum Gasteiger partial charge on any atom is -0.382 e. The van der Waals surface area contributed by atoms with E-state index in [0.29, 0.717) is 17.0 Å². The Morgan fingerprint density at radius 3 is 3.00 bits per heavy atom. The van der Waals surface area contributed by atoms with Crippen molar-refractivity contribution < 1.29 is 0 Å². The van der Waals surface area contributed by atoms with E-state index in [0.717, 1.165) is 0 Å². The predicted molar refractivity (Wildman–Crippen MR) is 46.9 cm³/mol. The fraction of sp³-hybridized carbons (Fsp3) is 0. The summed E-state index contributed by atoms with van der Waals surface area (Å²) in [6, 6.07) is 0. The number of aromatic nitrogens is 5. The van der Waals surface area contributed by atoms with Crippen molar-refractivity contribution in [2.75, 3.05) is 5.73 Å². The van der Waals surface area contributed by atoms with Crippen molar-refractivity contribution >= 4 is 39.8 Å². The normalized spacial score (nSPS) is 10.6. The lowest BCUT2D eigenvalue weighted by Gasteiger charge is -1.89. The van der Waals surface area contributed by atoms with Crippen LogP contribution in [-0.2, 0) is 0 Å². The van der Waals surface area contributed by atoms with Gasteiger partial charge in [0.25, 0.3) is 0 Å². The maximum Gasteiger partial charge on any atom is 0.194 e. The van der Waals surface area contributed by atoms with Crippen LogP contribution in [0, 0.1) is 0 Å². The lowest BCUT2D eigenvalue weighted by Crippen LogP contribution is -1.92. The summed E-state index contributed by atoms with van der Waals surface area (Å²) >= 11 is 1.97. The zero-order valence-corrected chi connectivity index (χ0v) is 7.43. The van der Waals surface area contributed by atoms with E-state index in [9.17, 15) is 0 Å². The van der Waals surface area contributed by atoms with Crippen molar-refractivity contribution in [3.63, 3.8) is 0 Å². The third-order valence-corrected chi connectivity index (χ3v) is 1.88. The molecule has 0 saturated heterocycles. The standard InChI is InChI=1S/C4H3IN6/c5-11-4-2(9-10-11)3(6)7-1-8-4/h1H,(H2,6,7,8). The fourth-order valence-electron chi connectivity index (χ4n) is 0.740. The summed E-state index contributed by atoms with van der Waals surface area (Å²) in [6.07, 6.45) is 1.39. The molecule has 56 valence electrons. The highest BCUT2D eigenvalue weighted by Crippen LogP contribution is 2.13. The number of hydrogen-bond donors (Lipinski definition) is 1. The molecular formula is C4H3IN6. The van der Waals surface area contributed by atoms with Crippen molar-refractivity contribution in [3.05, 3.63) is 6.33 Å². The van der Waals surface area contributed by atoms with Gasteiger partial charge in [-0.25, -0.2) is 9.97 Å². The molecule has 11 heavy (non-hydrogen) atoms. The molecule has 2 heterocycles. The van der Waals surface area contributed by atoms with E-state index in [-0.39, 0.29) is 0 Å². The molecule has 0 unspecified atom stereocenters. The van der Waals surface area contributed by atoms with E-state index in [1.165, 1.54) is 9.22 Å². The second kappa shape index (κ2) is 2.26. The molecule has 0 bridgehead atoms. The third kappa shape index (κ3) is 0.914. The van der Waals surface area contributed by atoms with Crippen molar-refractivity contribution in [1.82, 2.24) is 23.2 Å². The highest BCUT2D eigenvalue weighted by molar-refractivity contribution is 14.1. The summed E-state index contributed by atoms with van der Waals surface area (Å²) in [6.45, 7) is 0. The van der Waals surface area contributed by atoms with E-state index in [1.807, 2.05) is 22.9 Å². The lowest BCUT2D eigenvalue weighted by molar-refractivity contribution is 0.933. The number of anilines is 1. The number of nitrogens with two attached hydrogens (primary N) is 1. The predicted octanol–water partition coefficient (Wildman–Crippen LogP) is 0.00160. The first-order valence-corrected chi connectivity index (χ1v) is 3.73. The minimum atomic E-state index is 0.359. The highest BCUT2D eigenvalue weighted by atomic mass is 127. The van der Waals surface area contributed by atoms with Gasteiger partial charge in [-0.1, -0.05) is 5.21 Å². The average Bonchev–Trinajstić information content (AvgIpc) is 2.35. The van der Waals surface area contributed by atoms with Gasteiger partial charge in [-0.15, -0.1) is 5.10 Å². The zero-order chi connectivity index (χ0) is 7.84. The van der Waals surface area contributed by atoms with Crippen LogP contribution in [0.25, 0.3) is 11.2 Å². The van der Waals surface area contributed by atoms with E-state index in [4.69, 9.17) is 5.73 Å². The van der Waals surface area contributed by atoms with Crippen LogP contribution in [0.15, 0.2) is 6.33 Å². The molecule has 0 aliphatic heterocycles. The van der Waals surface area contributed by atoms with Crippen LogP contribution in [0.2, 0.25) is 0 Å². The molecule has 0 fully saturated rings. The first-order valence-electron chi connectivity index (χ1n) is 2.77. The van der Waals surface area contributed by atoms with Crippen LogP contribution in [0.1, 0.15) is 0 Å². The molecule has 2 rings (SSSR count). The Bertz CT molecular complexity index is 394. The van der Waals surface area contributed by atoms with Gasteiger partial charge < -0.3 is 5.73 Å². The summed E-state index contributed by atoms with van der Waals surface area (Å²) < 4.78 is 1.52. The van der Waals surface area contributed by atoms with Gasteiger partial charge in [0.2, 0.25) is 0 Å². The number of nitrogen functional groups attached to an aromatic ring is 1. The topological polar surface area (TPSA) is 82.5 Å². The number of hydrogen-bond acceptors (Lipinski definition) is 5. The quantitative estimate of drug-likeness (QED) is 0.676. The molecule has 6 nitrogen and oxygen atoms in total. The lowest BCUT2D eigenvalue weighted by atomic mass is 10.5. The van der Waals surface area contributed by atoms with Gasteiger partial charge in [-0.2, -0.15) is 2.90 Å². The van der Waals surface area contributed by atoms with Crippen molar-refractivity contribution in [1.29, 1.82) is 0 Å². The number of fused-ring (bicyclic) bond motifs is 1. The number of rotatable bonds is 0. The van der Waals surface area contributed by atoms with E-state index in [1.54, 1.807) is 0 Å². The van der Waals surface area contributed by atoms with E-state index in [2.05, 4.69) is 20.3 Å². The van der Waals surface area contributed by atoms with Crippen LogP contribution in [0.5, 0.6) is 0 Å². The van der Waals surface area contributed by atoms with Gasteiger partial charge in [-0.05, 0) is 0 Å². The Hall–Kier alpha value is -0.990. The number of halogens is 1. The number of nitrogens with zero attached hydrogens (tertiary/aromatic N) is 5. The van der Waals surface area contributed by atoms with Crippen molar-refractivity contribution in [2.24, 2.45) is 0 Å².